The molecule has 3 nitrogen and oxygen atoms in total. The zero-order valence-corrected chi connectivity index (χ0v) is 13.6. The molecule has 24 heavy (non-hydrogen) atoms. The molecule has 4 saturated carbocycles. The third kappa shape index (κ3) is 1.40. The maximum absolute atomic E-state index is 14.0. The average molecular weight is 347 g/mol. The van der Waals surface area contributed by atoms with Gasteiger partial charge in [-0.15, -0.1) is 6.42 Å². The Hall–Kier alpha value is -1.73. The molecule has 1 N–H and O–H groups in total. The number of benzene rings is 1. The van der Waals surface area contributed by atoms with Gasteiger partial charge in [0.15, 0.2) is 0 Å². The van der Waals surface area contributed by atoms with Gasteiger partial charge in [0.1, 0.15) is 17.7 Å². The minimum atomic E-state index is -1.34. The van der Waals surface area contributed by atoms with Crippen molar-refractivity contribution in [3.63, 3.8) is 0 Å². The minimum absolute atomic E-state index is 0.00982. The van der Waals surface area contributed by atoms with E-state index in [1.54, 1.807) is 0 Å². The summed E-state index contributed by atoms with van der Waals surface area (Å²) in [6, 6.07) is 2.22. The van der Waals surface area contributed by atoms with Crippen LogP contribution in [0.2, 0.25) is 5.02 Å². The molecule has 0 aromatic heterocycles. The van der Waals surface area contributed by atoms with E-state index < -0.39 is 17.3 Å². The van der Waals surface area contributed by atoms with Gasteiger partial charge in [-0.25, -0.2) is 9.18 Å². The van der Waals surface area contributed by atoms with Crippen LogP contribution in [0, 0.1) is 46.7 Å². The van der Waals surface area contributed by atoms with E-state index in [2.05, 4.69) is 5.92 Å². The van der Waals surface area contributed by atoms with E-state index in [0.29, 0.717) is 11.8 Å². The fraction of sp³-hybridized carbons (Fsp3) is 0.526. The van der Waals surface area contributed by atoms with Crippen LogP contribution in [0.15, 0.2) is 12.1 Å². The molecule has 124 valence electrons. The first-order valence-corrected chi connectivity index (χ1v) is 8.66. The van der Waals surface area contributed by atoms with Crippen molar-refractivity contribution in [2.24, 2.45) is 28.6 Å². The maximum atomic E-state index is 14.0. The largest absolute Gasteiger partial charge is 0.488 e. The van der Waals surface area contributed by atoms with Crippen molar-refractivity contribution in [2.75, 3.05) is 0 Å². The summed E-state index contributed by atoms with van der Waals surface area (Å²) in [5, 5.41) is 9.11. The first kappa shape index (κ1) is 14.6. The molecule has 0 amide bonds. The Morgan fingerprint density at radius 1 is 1.42 bits per heavy atom. The summed E-state index contributed by atoms with van der Waals surface area (Å²) >= 11 is 6.13. The maximum Gasteiger partial charge on any atom is 0.338 e. The third-order valence-electron chi connectivity index (χ3n) is 7.28. The quantitative estimate of drug-likeness (QED) is 0.842. The lowest BCUT2D eigenvalue weighted by Gasteiger charge is -2.71. The monoisotopic (exact) mass is 346 g/mol. The summed E-state index contributed by atoms with van der Waals surface area (Å²) in [6.07, 6.45) is 10.2. The Labute approximate surface area is 144 Å². The Morgan fingerprint density at radius 3 is 2.88 bits per heavy atom. The number of ether oxygens (including phenoxy) is 1. The van der Waals surface area contributed by atoms with Gasteiger partial charge in [0, 0.05) is 17.4 Å². The van der Waals surface area contributed by atoms with Crippen molar-refractivity contribution in [3.05, 3.63) is 28.5 Å². The molecular weight excluding hydrogens is 331 g/mol. The Morgan fingerprint density at radius 2 is 2.21 bits per heavy atom. The summed E-state index contributed by atoms with van der Waals surface area (Å²) in [5.74, 6) is 2.68. The van der Waals surface area contributed by atoms with Gasteiger partial charge in [0.25, 0.3) is 0 Å². The van der Waals surface area contributed by atoms with Gasteiger partial charge in [0.2, 0.25) is 0 Å². The van der Waals surface area contributed by atoms with Crippen LogP contribution >= 0.6 is 11.6 Å². The fourth-order valence-corrected chi connectivity index (χ4v) is 6.66. The van der Waals surface area contributed by atoms with Crippen LogP contribution in [0.25, 0.3) is 0 Å². The normalized spacial score (nSPS) is 43.4. The summed E-state index contributed by atoms with van der Waals surface area (Å²) in [5.41, 5.74) is -0.135. The standard InChI is InChI=1S/C19H16ClFO3/c1-2-18-6-9-7-19(18)10(8-18)3-12(19)16(9)24-15-5-14(21)11(17(22)23)4-13(15)20/h1,4-5,9-10,12,16H,3,6-8H2,(H,22,23)/t9?,10?,12?,16?,18-,19?/m1/s1. The second kappa shape index (κ2) is 4.26. The molecule has 1 spiro atoms. The molecule has 5 rings (SSSR count). The third-order valence-corrected chi connectivity index (χ3v) is 7.57. The van der Waals surface area contributed by atoms with Gasteiger partial charge in [-0.1, -0.05) is 17.5 Å². The number of rotatable bonds is 3. The highest BCUT2D eigenvalue weighted by Gasteiger charge is 2.83. The summed E-state index contributed by atoms with van der Waals surface area (Å²) in [7, 11) is 0. The van der Waals surface area contributed by atoms with Crippen LogP contribution < -0.4 is 4.74 Å². The zero-order chi connectivity index (χ0) is 16.9. The van der Waals surface area contributed by atoms with Gasteiger partial charge in [-0.2, -0.15) is 0 Å². The Balaban J connectivity index is 1.45. The predicted molar refractivity (Wildman–Crippen MR) is 85.4 cm³/mol. The summed E-state index contributed by atoms with van der Waals surface area (Å²) in [6.45, 7) is 0. The van der Waals surface area contributed by atoms with Crippen LogP contribution in [0.4, 0.5) is 4.39 Å². The number of aromatic carboxylic acids is 1. The SMILES string of the molecule is C#C[C@]12CC3CC14C(CC4C3Oc1cc(F)c(C(=O)O)cc1Cl)C2. The van der Waals surface area contributed by atoms with Crippen molar-refractivity contribution in [3.8, 4) is 18.1 Å². The first-order chi connectivity index (χ1) is 11.4. The predicted octanol–water partition coefficient (Wildman–Crippen LogP) is 3.99. The second-order valence-corrected chi connectivity index (χ2v) is 8.24. The van der Waals surface area contributed by atoms with Crippen LogP contribution in [0.5, 0.6) is 5.75 Å². The van der Waals surface area contributed by atoms with Crippen molar-refractivity contribution in [2.45, 2.75) is 31.8 Å². The molecule has 1 aromatic rings. The highest BCUT2D eigenvalue weighted by molar-refractivity contribution is 6.32. The fourth-order valence-electron chi connectivity index (χ4n) is 6.45. The smallest absolute Gasteiger partial charge is 0.338 e. The molecule has 6 atom stereocenters. The molecule has 0 saturated heterocycles. The topological polar surface area (TPSA) is 46.5 Å². The Bertz CT molecular complexity index is 831. The van der Waals surface area contributed by atoms with E-state index in [4.69, 9.17) is 27.9 Å². The Kier molecular flexibility index (Phi) is 2.59. The highest BCUT2D eigenvalue weighted by atomic mass is 35.5. The van der Waals surface area contributed by atoms with E-state index in [0.717, 1.165) is 43.7 Å². The first-order valence-electron chi connectivity index (χ1n) is 8.28. The van der Waals surface area contributed by atoms with Crippen LogP contribution in [-0.2, 0) is 0 Å². The average Bonchev–Trinajstić information content (AvgIpc) is 2.98. The van der Waals surface area contributed by atoms with Gasteiger partial charge in [0.05, 0.1) is 10.6 Å². The number of carboxylic acid groups (broad SMARTS) is 1. The summed E-state index contributed by atoms with van der Waals surface area (Å²) in [4.78, 5) is 11.0. The van der Waals surface area contributed by atoms with E-state index in [-0.39, 0.29) is 27.7 Å². The molecule has 2 bridgehead atoms. The highest BCUT2D eigenvalue weighted by Crippen LogP contribution is 2.86. The van der Waals surface area contributed by atoms with E-state index in [1.807, 2.05) is 0 Å². The van der Waals surface area contributed by atoms with Crippen LogP contribution in [-0.4, -0.2) is 17.2 Å². The molecular formula is C19H16ClFO3. The van der Waals surface area contributed by atoms with E-state index in [1.165, 1.54) is 0 Å². The molecule has 5 unspecified atom stereocenters. The lowest BCUT2D eigenvalue weighted by atomic mass is 9.32. The second-order valence-electron chi connectivity index (χ2n) is 7.83. The van der Waals surface area contributed by atoms with Crippen molar-refractivity contribution in [1.29, 1.82) is 0 Å². The number of fused-ring (bicyclic) bond motifs is 1. The number of carboxylic acids is 1. The van der Waals surface area contributed by atoms with Gasteiger partial charge in [-0.3, -0.25) is 0 Å². The number of halogens is 2. The lowest BCUT2D eigenvalue weighted by Crippen LogP contribution is -2.69. The van der Waals surface area contributed by atoms with E-state index in [9.17, 15) is 9.18 Å². The van der Waals surface area contributed by atoms with Crippen LogP contribution in [0.3, 0.4) is 0 Å². The van der Waals surface area contributed by atoms with Gasteiger partial charge < -0.3 is 9.84 Å². The minimum Gasteiger partial charge on any atom is -0.488 e. The van der Waals surface area contributed by atoms with Crippen LogP contribution in [0.1, 0.15) is 36.0 Å². The van der Waals surface area contributed by atoms with Crippen molar-refractivity contribution >= 4 is 17.6 Å². The number of hydrogen-bond acceptors (Lipinski definition) is 2. The molecule has 4 aliphatic carbocycles. The molecule has 0 heterocycles. The molecule has 4 fully saturated rings. The molecule has 1 aromatic carbocycles. The van der Waals surface area contributed by atoms with E-state index >= 15 is 0 Å². The molecule has 0 radical (unpaired) electrons. The molecule has 4 aliphatic rings. The number of carbonyl (C=O) groups is 1. The van der Waals surface area contributed by atoms with Crippen molar-refractivity contribution in [1.82, 2.24) is 0 Å². The zero-order valence-electron chi connectivity index (χ0n) is 12.9. The van der Waals surface area contributed by atoms with Gasteiger partial charge in [-0.05, 0) is 49.0 Å². The van der Waals surface area contributed by atoms with Crippen molar-refractivity contribution < 1.29 is 19.0 Å². The molecule has 0 aliphatic heterocycles. The summed E-state index contributed by atoms with van der Waals surface area (Å²) < 4.78 is 20.1. The molecule has 5 heteroatoms. The number of hydrogen-bond donors (Lipinski definition) is 1. The van der Waals surface area contributed by atoms with Gasteiger partial charge >= 0.3 is 5.97 Å². The number of terminal acetylenes is 1. The lowest BCUT2D eigenvalue weighted by molar-refractivity contribution is -0.236.